The number of piperidine rings is 1. The van der Waals surface area contributed by atoms with Crippen LogP contribution in [-0.2, 0) is 19.6 Å². The van der Waals surface area contributed by atoms with Gasteiger partial charge in [-0.25, -0.2) is 12.8 Å². The average Bonchev–Trinajstić information content (AvgIpc) is 2.42. The summed E-state index contributed by atoms with van der Waals surface area (Å²) in [6.45, 7) is 0. The van der Waals surface area contributed by atoms with Crippen molar-refractivity contribution >= 4 is 21.8 Å². The largest absolute Gasteiger partial charge is 0.295 e. The first-order valence-electron chi connectivity index (χ1n) is 5.89. The molecule has 1 unspecified atom stereocenters. The Hall–Kier alpha value is -2.31. The minimum Gasteiger partial charge on any atom is -0.295 e. The van der Waals surface area contributed by atoms with Crippen LogP contribution in [0.15, 0.2) is 23.1 Å². The van der Waals surface area contributed by atoms with Gasteiger partial charge in [0.25, 0.3) is 0 Å². The smallest absolute Gasteiger partial charge is 0.244 e. The van der Waals surface area contributed by atoms with Gasteiger partial charge in [-0.2, -0.15) is 9.98 Å². The standard InChI is InChI=1S/C12H10FN3O4S/c13-9-2-1-8(5-7(9)6-14)21(19,20)16-10-3-4-11(17)15-12(10)18/h1-2,5,10,16H,3-4H2,(H,15,17,18). The summed E-state index contributed by atoms with van der Waals surface area (Å²) in [5, 5.41) is 10.7. The Bertz CT molecular complexity index is 754. The van der Waals surface area contributed by atoms with E-state index in [1.54, 1.807) is 0 Å². The lowest BCUT2D eigenvalue weighted by Gasteiger charge is -2.21. The molecule has 0 saturated carbocycles. The van der Waals surface area contributed by atoms with Crippen LogP contribution in [0.25, 0.3) is 0 Å². The van der Waals surface area contributed by atoms with E-state index in [2.05, 4.69) is 4.72 Å². The number of carbonyl (C=O) groups excluding carboxylic acids is 2. The SMILES string of the molecule is N#Cc1cc(S(=O)(=O)NC2CCC(=O)NC2=O)ccc1F. The number of rotatable bonds is 3. The number of sulfonamides is 1. The number of halogens is 1. The molecule has 0 spiro atoms. The minimum atomic E-state index is -4.10. The third-order valence-corrected chi connectivity index (χ3v) is 4.37. The van der Waals surface area contributed by atoms with Crippen molar-refractivity contribution < 1.29 is 22.4 Å². The van der Waals surface area contributed by atoms with Crippen LogP contribution < -0.4 is 10.0 Å². The van der Waals surface area contributed by atoms with Crippen molar-refractivity contribution in [2.45, 2.75) is 23.8 Å². The first kappa shape index (κ1) is 15.1. The number of benzene rings is 1. The molecular formula is C12H10FN3O4S. The van der Waals surface area contributed by atoms with E-state index in [4.69, 9.17) is 5.26 Å². The molecule has 1 heterocycles. The van der Waals surface area contributed by atoms with Gasteiger partial charge in [-0.1, -0.05) is 0 Å². The summed E-state index contributed by atoms with van der Waals surface area (Å²) in [5.74, 6) is -2.04. The van der Waals surface area contributed by atoms with E-state index >= 15 is 0 Å². The maximum Gasteiger partial charge on any atom is 0.244 e. The van der Waals surface area contributed by atoms with Gasteiger partial charge in [0.15, 0.2) is 0 Å². The molecule has 0 bridgehead atoms. The van der Waals surface area contributed by atoms with Crippen LogP contribution in [0, 0.1) is 17.1 Å². The highest BCUT2D eigenvalue weighted by molar-refractivity contribution is 7.89. The van der Waals surface area contributed by atoms with E-state index in [9.17, 15) is 22.4 Å². The van der Waals surface area contributed by atoms with Gasteiger partial charge in [-0.3, -0.25) is 14.9 Å². The van der Waals surface area contributed by atoms with Crippen molar-refractivity contribution in [2.24, 2.45) is 0 Å². The summed E-state index contributed by atoms with van der Waals surface area (Å²) in [5.41, 5.74) is -0.416. The molecular weight excluding hydrogens is 301 g/mol. The highest BCUT2D eigenvalue weighted by Crippen LogP contribution is 2.16. The number of hydrogen-bond donors (Lipinski definition) is 2. The fraction of sp³-hybridized carbons (Fsp3) is 0.250. The summed E-state index contributed by atoms with van der Waals surface area (Å²) in [4.78, 5) is 22.2. The first-order chi connectivity index (χ1) is 9.83. The molecule has 1 aromatic carbocycles. The lowest BCUT2D eigenvalue weighted by atomic mass is 10.1. The lowest BCUT2D eigenvalue weighted by molar-refractivity contribution is -0.134. The average molecular weight is 311 g/mol. The summed E-state index contributed by atoms with van der Waals surface area (Å²) in [6, 6.07) is 3.18. The third-order valence-electron chi connectivity index (χ3n) is 2.91. The Morgan fingerprint density at radius 1 is 1.38 bits per heavy atom. The van der Waals surface area contributed by atoms with Crippen LogP contribution >= 0.6 is 0 Å². The second-order valence-corrected chi connectivity index (χ2v) is 6.09. The normalized spacial score (nSPS) is 19.0. The molecule has 1 atom stereocenters. The van der Waals surface area contributed by atoms with Gasteiger partial charge in [0.05, 0.1) is 10.5 Å². The zero-order valence-electron chi connectivity index (χ0n) is 10.6. The molecule has 9 heteroatoms. The van der Waals surface area contributed by atoms with Crippen molar-refractivity contribution in [3.05, 3.63) is 29.6 Å². The van der Waals surface area contributed by atoms with Crippen LogP contribution in [0.1, 0.15) is 18.4 Å². The summed E-state index contributed by atoms with van der Waals surface area (Å²) in [6.07, 6.45) is 0.0575. The Morgan fingerprint density at radius 3 is 2.71 bits per heavy atom. The highest BCUT2D eigenvalue weighted by atomic mass is 32.2. The van der Waals surface area contributed by atoms with E-state index in [1.807, 2.05) is 5.32 Å². The Morgan fingerprint density at radius 2 is 2.10 bits per heavy atom. The Balaban J connectivity index is 2.25. The van der Waals surface area contributed by atoms with E-state index < -0.39 is 39.3 Å². The van der Waals surface area contributed by atoms with E-state index in [-0.39, 0.29) is 17.7 Å². The van der Waals surface area contributed by atoms with Crippen molar-refractivity contribution in [3.63, 3.8) is 0 Å². The zero-order valence-corrected chi connectivity index (χ0v) is 11.4. The van der Waals surface area contributed by atoms with Gasteiger partial charge >= 0.3 is 0 Å². The number of hydrogen-bond acceptors (Lipinski definition) is 5. The van der Waals surface area contributed by atoms with Crippen molar-refractivity contribution in [1.82, 2.24) is 10.0 Å². The molecule has 0 aliphatic carbocycles. The Labute approximate surface area is 119 Å². The molecule has 0 aromatic heterocycles. The first-order valence-corrected chi connectivity index (χ1v) is 7.37. The topological polar surface area (TPSA) is 116 Å². The molecule has 2 N–H and O–H groups in total. The molecule has 1 aliphatic heterocycles. The lowest BCUT2D eigenvalue weighted by Crippen LogP contribution is -2.52. The quantitative estimate of drug-likeness (QED) is 0.749. The van der Waals surface area contributed by atoms with Crippen LogP contribution in [0.5, 0.6) is 0 Å². The fourth-order valence-electron chi connectivity index (χ4n) is 1.82. The van der Waals surface area contributed by atoms with E-state index in [1.165, 1.54) is 6.07 Å². The number of imide groups is 1. The zero-order chi connectivity index (χ0) is 15.6. The fourth-order valence-corrected chi connectivity index (χ4v) is 3.07. The number of nitrogens with one attached hydrogen (secondary N) is 2. The molecule has 1 saturated heterocycles. The van der Waals surface area contributed by atoms with Crippen molar-refractivity contribution in [1.29, 1.82) is 5.26 Å². The third kappa shape index (κ3) is 3.24. The monoisotopic (exact) mass is 311 g/mol. The van der Waals surface area contributed by atoms with Crippen LogP contribution in [0.3, 0.4) is 0 Å². The second kappa shape index (κ2) is 5.59. The molecule has 1 fully saturated rings. The second-order valence-electron chi connectivity index (χ2n) is 4.38. The minimum absolute atomic E-state index is 0.0196. The van der Waals surface area contributed by atoms with Crippen LogP contribution in [0.2, 0.25) is 0 Å². The summed E-state index contributed by atoms with van der Waals surface area (Å²) in [7, 11) is -4.10. The molecule has 110 valence electrons. The number of carbonyl (C=O) groups is 2. The molecule has 21 heavy (non-hydrogen) atoms. The van der Waals surface area contributed by atoms with Gasteiger partial charge in [0.2, 0.25) is 21.8 Å². The number of amides is 2. The predicted molar refractivity (Wildman–Crippen MR) is 67.6 cm³/mol. The van der Waals surface area contributed by atoms with Crippen molar-refractivity contribution in [2.75, 3.05) is 0 Å². The van der Waals surface area contributed by atoms with E-state index in [0.717, 1.165) is 18.2 Å². The van der Waals surface area contributed by atoms with Crippen molar-refractivity contribution in [3.8, 4) is 6.07 Å². The van der Waals surface area contributed by atoms with Gasteiger partial charge in [-0.15, -0.1) is 0 Å². The van der Waals surface area contributed by atoms with Crippen LogP contribution in [0.4, 0.5) is 4.39 Å². The highest BCUT2D eigenvalue weighted by Gasteiger charge is 2.31. The maximum atomic E-state index is 13.2. The van der Waals surface area contributed by atoms with Gasteiger partial charge < -0.3 is 0 Å². The molecule has 2 amide bonds. The molecule has 7 nitrogen and oxygen atoms in total. The number of nitrogens with zero attached hydrogens (tertiary/aromatic N) is 1. The molecule has 0 radical (unpaired) electrons. The predicted octanol–water partition coefficient (Wildman–Crippen LogP) is -0.219. The molecule has 1 aliphatic rings. The Kier molecular flexibility index (Phi) is 4.02. The van der Waals surface area contributed by atoms with E-state index in [0.29, 0.717) is 0 Å². The summed E-state index contributed by atoms with van der Waals surface area (Å²) < 4.78 is 39.5. The van der Waals surface area contributed by atoms with Gasteiger partial charge in [-0.05, 0) is 24.6 Å². The van der Waals surface area contributed by atoms with Gasteiger partial charge in [0.1, 0.15) is 17.9 Å². The number of nitriles is 1. The molecule has 2 rings (SSSR count). The molecule has 1 aromatic rings. The van der Waals surface area contributed by atoms with Gasteiger partial charge in [0, 0.05) is 6.42 Å². The maximum absolute atomic E-state index is 13.2. The summed E-state index contributed by atoms with van der Waals surface area (Å²) >= 11 is 0. The van der Waals surface area contributed by atoms with Crippen LogP contribution in [-0.4, -0.2) is 26.3 Å².